The van der Waals surface area contributed by atoms with Gasteiger partial charge in [0.1, 0.15) is 6.54 Å². The Bertz CT molecular complexity index is 541. The minimum absolute atomic E-state index is 0.102. The van der Waals surface area contributed by atoms with Crippen LogP contribution in [0.5, 0.6) is 0 Å². The van der Waals surface area contributed by atoms with E-state index in [1.54, 1.807) is 4.90 Å². The molecule has 0 N–H and O–H groups in total. The van der Waals surface area contributed by atoms with Crippen LogP contribution in [0.1, 0.15) is 31.2 Å². The summed E-state index contributed by atoms with van der Waals surface area (Å²) in [7, 11) is 0. The van der Waals surface area contributed by atoms with E-state index in [1.807, 2.05) is 0 Å². The Morgan fingerprint density at radius 1 is 1.48 bits per heavy atom. The molecule has 0 unspecified atom stereocenters. The van der Waals surface area contributed by atoms with Gasteiger partial charge >= 0.3 is 6.18 Å². The van der Waals surface area contributed by atoms with Gasteiger partial charge in [-0.2, -0.15) is 18.3 Å². The Kier molecular flexibility index (Phi) is 4.65. The third-order valence-electron chi connectivity index (χ3n) is 3.70. The minimum atomic E-state index is -4.53. The van der Waals surface area contributed by atoms with Gasteiger partial charge in [0.25, 0.3) is 0 Å². The Hall–Kier alpha value is -1.05. The number of carbonyl (C=O) groups excluding carboxylic acids is 1. The summed E-state index contributed by atoms with van der Waals surface area (Å²) in [6, 6.07) is 0. The summed E-state index contributed by atoms with van der Waals surface area (Å²) in [5, 5.41) is 3.53. The second-order valence-corrected chi connectivity index (χ2v) is 6.28. The van der Waals surface area contributed by atoms with Crippen LogP contribution in [-0.2, 0) is 17.5 Å². The predicted octanol–water partition coefficient (Wildman–Crippen LogP) is 3.23. The third kappa shape index (κ3) is 3.59. The molecule has 1 aliphatic heterocycles. The average Bonchev–Trinajstić information content (AvgIpc) is 2.67. The van der Waals surface area contributed by atoms with E-state index < -0.39 is 11.9 Å². The molecule has 21 heavy (non-hydrogen) atoms. The van der Waals surface area contributed by atoms with Gasteiger partial charge in [-0.1, -0.05) is 6.92 Å². The van der Waals surface area contributed by atoms with Crippen LogP contribution in [0.15, 0.2) is 4.47 Å². The van der Waals surface area contributed by atoms with Gasteiger partial charge in [0.2, 0.25) is 5.91 Å². The van der Waals surface area contributed by atoms with E-state index in [2.05, 4.69) is 28.0 Å². The molecule has 0 aromatic carbocycles. The SMILES string of the molecule is Cc1c(Br)c(C(F)(F)F)nn1CC(=O)N1CCC[C@@H](C)C1. The maximum Gasteiger partial charge on any atom is 0.436 e. The van der Waals surface area contributed by atoms with Gasteiger partial charge in [0, 0.05) is 13.1 Å². The second-order valence-electron chi connectivity index (χ2n) is 5.49. The van der Waals surface area contributed by atoms with Gasteiger partial charge in [-0.05, 0) is 41.6 Å². The van der Waals surface area contributed by atoms with E-state index in [-0.39, 0.29) is 16.9 Å². The van der Waals surface area contributed by atoms with E-state index in [1.165, 1.54) is 6.92 Å². The number of piperidine rings is 1. The first kappa shape index (κ1) is 16.3. The van der Waals surface area contributed by atoms with Crippen LogP contribution >= 0.6 is 15.9 Å². The molecule has 0 radical (unpaired) electrons. The smallest absolute Gasteiger partial charge is 0.341 e. The van der Waals surface area contributed by atoms with E-state index in [9.17, 15) is 18.0 Å². The molecule has 1 aromatic rings. The van der Waals surface area contributed by atoms with Crippen molar-refractivity contribution in [3.63, 3.8) is 0 Å². The van der Waals surface area contributed by atoms with Crippen LogP contribution in [0.2, 0.25) is 0 Å². The van der Waals surface area contributed by atoms with Crippen molar-refractivity contribution in [1.29, 1.82) is 0 Å². The fourth-order valence-electron chi connectivity index (χ4n) is 2.50. The second kappa shape index (κ2) is 5.98. The molecule has 0 bridgehead atoms. The summed E-state index contributed by atoms with van der Waals surface area (Å²) < 4.78 is 39.4. The zero-order chi connectivity index (χ0) is 15.8. The maximum atomic E-state index is 12.8. The number of hydrogen-bond acceptors (Lipinski definition) is 2. The van der Waals surface area contributed by atoms with Crippen molar-refractivity contribution in [3.8, 4) is 0 Å². The number of amides is 1. The van der Waals surface area contributed by atoms with E-state index >= 15 is 0 Å². The minimum Gasteiger partial charge on any atom is -0.341 e. The van der Waals surface area contributed by atoms with Crippen LogP contribution < -0.4 is 0 Å². The number of halogens is 4. The van der Waals surface area contributed by atoms with Gasteiger partial charge in [0.05, 0.1) is 10.2 Å². The van der Waals surface area contributed by atoms with Crippen LogP contribution in [0, 0.1) is 12.8 Å². The van der Waals surface area contributed by atoms with Crippen LogP contribution in [0.4, 0.5) is 13.2 Å². The number of carbonyl (C=O) groups is 1. The van der Waals surface area contributed by atoms with Crippen LogP contribution in [0.3, 0.4) is 0 Å². The number of hydrogen-bond donors (Lipinski definition) is 0. The van der Waals surface area contributed by atoms with Crippen LogP contribution in [-0.4, -0.2) is 33.7 Å². The molecule has 118 valence electrons. The van der Waals surface area contributed by atoms with Crippen molar-refractivity contribution in [1.82, 2.24) is 14.7 Å². The molecular weight excluding hydrogens is 351 g/mol. The normalized spacial score (nSPS) is 19.9. The standard InChI is InChI=1S/C13H17BrF3N3O/c1-8-4-3-5-19(6-8)10(21)7-20-9(2)11(14)12(18-20)13(15,16)17/h8H,3-7H2,1-2H3/t8-/m1/s1. The van der Waals surface area contributed by atoms with Crippen molar-refractivity contribution in [2.45, 2.75) is 39.4 Å². The molecule has 4 nitrogen and oxygen atoms in total. The monoisotopic (exact) mass is 367 g/mol. The number of aromatic nitrogens is 2. The van der Waals surface area contributed by atoms with E-state index in [0.29, 0.717) is 24.7 Å². The molecule has 8 heteroatoms. The Labute approximate surface area is 129 Å². The lowest BCUT2D eigenvalue weighted by Crippen LogP contribution is -2.41. The predicted molar refractivity (Wildman–Crippen MR) is 74.6 cm³/mol. The number of alkyl halides is 3. The van der Waals surface area contributed by atoms with E-state index in [4.69, 9.17) is 0 Å². The third-order valence-corrected chi connectivity index (χ3v) is 4.65. The van der Waals surface area contributed by atoms with Crippen molar-refractivity contribution in [2.24, 2.45) is 5.92 Å². The first-order valence-corrected chi connectivity index (χ1v) is 7.57. The molecule has 0 spiro atoms. The number of nitrogens with zero attached hydrogens (tertiary/aromatic N) is 3. The zero-order valence-electron chi connectivity index (χ0n) is 11.9. The van der Waals surface area contributed by atoms with Crippen molar-refractivity contribution < 1.29 is 18.0 Å². The summed E-state index contributed by atoms with van der Waals surface area (Å²) in [6.07, 6.45) is -2.52. The highest BCUT2D eigenvalue weighted by molar-refractivity contribution is 9.10. The first-order valence-electron chi connectivity index (χ1n) is 6.78. The molecule has 1 aliphatic rings. The van der Waals surface area contributed by atoms with Crippen molar-refractivity contribution in [2.75, 3.05) is 13.1 Å². The highest BCUT2D eigenvalue weighted by atomic mass is 79.9. The van der Waals surface area contributed by atoms with Gasteiger partial charge < -0.3 is 4.90 Å². The largest absolute Gasteiger partial charge is 0.436 e. The summed E-state index contributed by atoms with van der Waals surface area (Å²) in [5.41, 5.74) is -0.680. The molecule has 1 saturated heterocycles. The molecule has 2 rings (SSSR count). The lowest BCUT2D eigenvalue weighted by Gasteiger charge is -2.31. The van der Waals surface area contributed by atoms with Gasteiger partial charge in [0.15, 0.2) is 5.69 Å². The summed E-state index contributed by atoms with van der Waals surface area (Å²) in [5.74, 6) is 0.243. The lowest BCUT2D eigenvalue weighted by molar-refractivity contribution is -0.142. The molecule has 1 fully saturated rings. The fourth-order valence-corrected chi connectivity index (χ4v) is 3.01. The first-order chi connectivity index (χ1) is 9.70. The highest BCUT2D eigenvalue weighted by Gasteiger charge is 2.38. The molecule has 0 aliphatic carbocycles. The molecule has 1 atom stereocenters. The topological polar surface area (TPSA) is 38.1 Å². The van der Waals surface area contributed by atoms with Gasteiger partial charge in [-0.25, -0.2) is 0 Å². The van der Waals surface area contributed by atoms with Crippen molar-refractivity contribution >= 4 is 21.8 Å². The number of likely N-dealkylation sites (tertiary alicyclic amines) is 1. The Balaban J connectivity index is 2.14. The van der Waals surface area contributed by atoms with Crippen molar-refractivity contribution in [3.05, 3.63) is 15.9 Å². The summed E-state index contributed by atoms with van der Waals surface area (Å²) in [4.78, 5) is 13.9. The van der Waals surface area contributed by atoms with Crippen LogP contribution in [0.25, 0.3) is 0 Å². The summed E-state index contributed by atoms with van der Waals surface area (Å²) in [6.45, 7) is 4.74. The van der Waals surface area contributed by atoms with E-state index in [0.717, 1.165) is 17.5 Å². The lowest BCUT2D eigenvalue weighted by atomic mass is 10.0. The molecule has 1 amide bonds. The Morgan fingerprint density at radius 2 is 2.14 bits per heavy atom. The maximum absolute atomic E-state index is 12.8. The quantitative estimate of drug-likeness (QED) is 0.804. The molecule has 0 saturated carbocycles. The van der Waals surface area contributed by atoms with Gasteiger partial charge in [-0.15, -0.1) is 0 Å². The molecular formula is C13H17BrF3N3O. The number of rotatable bonds is 2. The molecule has 2 heterocycles. The highest BCUT2D eigenvalue weighted by Crippen LogP contribution is 2.35. The van der Waals surface area contributed by atoms with Gasteiger partial charge in [-0.3, -0.25) is 9.48 Å². The fraction of sp³-hybridized carbons (Fsp3) is 0.692. The Morgan fingerprint density at radius 3 is 2.67 bits per heavy atom. The summed E-state index contributed by atoms with van der Waals surface area (Å²) >= 11 is 2.90. The molecule has 1 aromatic heterocycles. The average molecular weight is 368 g/mol. The zero-order valence-corrected chi connectivity index (χ0v) is 13.5.